The number of rotatable bonds is 6. The third kappa shape index (κ3) is 3.91. The monoisotopic (exact) mass is 370 g/mol. The van der Waals surface area contributed by atoms with Gasteiger partial charge in [0.1, 0.15) is 6.04 Å². The highest BCUT2D eigenvalue weighted by Gasteiger charge is 2.40. The molecule has 0 aromatic heterocycles. The van der Waals surface area contributed by atoms with Crippen LogP contribution >= 0.6 is 11.6 Å². The minimum absolute atomic E-state index is 0.0655. The van der Waals surface area contributed by atoms with Crippen molar-refractivity contribution < 1.29 is 9.59 Å². The van der Waals surface area contributed by atoms with Crippen LogP contribution in [0.5, 0.6) is 0 Å². The lowest BCUT2D eigenvalue weighted by Crippen LogP contribution is -2.41. The molecule has 2 amide bonds. The molecule has 0 bridgehead atoms. The summed E-state index contributed by atoms with van der Waals surface area (Å²) in [6.07, 6.45) is 0.693. The first-order valence-electron chi connectivity index (χ1n) is 8.89. The quantitative estimate of drug-likeness (QED) is 0.839. The molecule has 1 aliphatic rings. The molecule has 136 valence electrons. The van der Waals surface area contributed by atoms with Crippen molar-refractivity contribution in [2.45, 2.75) is 26.3 Å². The van der Waals surface area contributed by atoms with E-state index in [2.05, 4.69) is 5.32 Å². The van der Waals surface area contributed by atoms with Crippen molar-refractivity contribution in [2.24, 2.45) is 5.92 Å². The van der Waals surface area contributed by atoms with Gasteiger partial charge in [-0.25, -0.2) is 0 Å². The average Bonchev–Trinajstić information content (AvgIpc) is 2.87. The Labute approximate surface area is 159 Å². The van der Waals surface area contributed by atoms with Gasteiger partial charge in [0, 0.05) is 23.7 Å². The largest absolute Gasteiger partial charge is 0.354 e. The van der Waals surface area contributed by atoms with Crippen LogP contribution in [-0.2, 0) is 11.2 Å². The van der Waals surface area contributed by atoms with Crippen LogP contribution in [0.15, 0.2) is 48.5 Å². The molecule has 1 heterocycles. The van der Waals surface area contributed by atoms with E-state index in [1.807, 2.05) is 56.3 Å². The fraction of sp³-hybridized carbons (Fsp3) is 0.333. The van der Waals surface area contributed by atoms with Gasteiger partial charge in [-0.1, -0.05) is 55.8 Å². The number of amides is 2. The van der Waals surface area contributed by atoms with Crippen LogP contribution in [0.1, 0.15) is 41.4 Å². The molecule has 0 saturated heterocycles. The number of nitrogens with one attached hydrogen (secondary N) is 1. The molecule has 2 aromatic rings. The number of halogens is 1. The minimum Gasteiger partial charge on any atom is -0.354 e. The second-order valence-electron chi connectivity index (χ2n) is 7.01. The maximum absolute atomic E-state index is 12.9. The van der Waals surface area contributed by atoms with E-state index in [1.165, 1.54) is 0 Å². The normalized spacial score (nSPS) is 16.1. The topological polar surface area (TPSA) is 49.4 Å². The fourth-order valence-electron chi connectivity index (χ4n) is 3.35. The highest BCUT2D eigenvalue weighted by molar-refractivity contribution is 6.30. The molecular formula is C21H23ClN2O2. The van der Waals surface area contributed by atoms with E-state index < -0.39 is 6.04 Å². The Bertz CT molecular complexity index is 819. The molecular weight excluding hydrogens is 348 g/mol. The maximum Gasteiger partial charge on any atom is 0.255 e. The lowest BCUT2D eigenvalue weighted by molar-refractivity contribution is -0.125. The molecule has 1 aliphatic heterocycles. The van der Waals surface area contributed by atoms with Gasteiger partial charge in [-0.3, -0.25) is 9.59 Å². The highest BCUT2D eigenvalue weighted by Crippen LogP contribution is 2.34. The molecule has 2 aromatic carbocycles. The average molecular weight is 371 g/mol. The van der Waals surface area contributed by atoms with Gasteiger partial charge in [0.2, 0.25) is 5.91 Å². The molecule has 3 rings (SSSR count). The van der Waals surface area contributed by atoms with Gasteiger partial charge < -0.3 is 10.2 Å². The van der Waals surface area contributed by atoms with Crippen molar-refractivity contribution in [1.82, 2.24) is 10.2 Å². The van der Waals surface area contributed by atoms with Gasteiger partial charge in [0.25, 0.3) is 5.91 Å². The van der Waals surface area contributed by atoms with Crippen molar-refractivity contribution in [3.63, 3.8) is 0 Å². The number of nitrogens with zero attached hydrogens (tertiary/aromatic N) is 1. The zero-order chi connectivity index (χ0) is 18.7. The number of benzene rings is 2. The summed E-state index contributed by atoms with van der Waals surface area (Å²) in [5.41, 5.74) is 2.49. The zero-order valence-corrected chi connectivity index (χ0v) is 15.8. The molecule has 5 heteroatoms. The van der Waals surface area contributed by atoms with Crippen molar-refractivity contribution in [3.8, 4) is 0 Å². The first kappa shape index (κ1) is 18.5. The predicted octanol–water partition coefficient (Wildman–Crippen LogP) is 3.85. The van der Waals surface area contributed by atoms with E-state index in [4.69, 9.17) is 11.6 Å². The van der Waals surface area contributed by atoms with Crippen molar-refractivity contribution in [2.75, 3.05) is 13.1 Å². The van der Waals surface area contributed by atoms with Crippen LogP contribution in [0.25, 0.3) is 0 Å². The number of hydrogen-bond donors (Lipinski definition) is 1. The first-order chi connectivity index (χ1) is 12.5. The van der Waals surface area contributed by atoms with Crippen LogP contribution in [-0.4, -0.2) is 29.8 Å². The Morgan fingerprint density at radius 2 is 1.96 bits per heavy atom. The Kier molecular flexibility index (Phi) is 5.62. The van der Waals surface area contributed by atoms with E-state index in [9.17, 15) is 9.59 Å². The van der Waals surface area contributed by atoms with Crippen LogP contribution in [0.3, 0.4) is 0 Å². The summed E-state index contributed by atoms with van der Waals surface area (Å²) in [4.78, 5) is 27.3. The second-order valence-corrected chi connectivity index (χ2v) is 7.45. The summed E-state index contributed by atoms with van der Waals surface area (Å²) < 4.78 is 0. The molecule has 0 radical (unpaired) electrons. The minimum atomic E-state index is -0.555. The third-order valence-electron chi connectivity index (χ3n) is 4.47. The molecule has 0 saturated carbocycles. The predicted molar refractivity (Wildman–Crippen MR) is 103 cm³/mol. The summed E-state index contributed by atoms with van der Waals surface area (Å²) in [5.74, 6) is 0.0882. The summed E-state index contributed by atoms with van der Waals surface area (Å²) in [6, 6.07) is 14.4. The summed E-state index contributed by atoms with van der Waals surface area (Å²) >= 11 is 6.00. The van der Waals surface area contributed by atoms with E-state index >= 15 is 0 Å². The Morgan fingerprint density at radius 1 is 1.19 bits per heavy atom. The number of carbonyl (C=O) groups excluding carboxylic acids is 2. The van der Waals surface area contributed by atoms with Gasteiger partial charge in [-0.15, -0.1) is 0 Å². The van der Waals surface area contributed by atoms with Gasteiger partial charge in [0.15, 0.2) is 0 Å². The van der Waals surface area contributed by atoms with E-state index in [1.54, 1.807) is 11.0 Å². The summed E-state index contributed by atoms with van der Waals surface area (Å²) in [6.45, 7) is 5.15. The number of carbonyl (C=O) groups is 2. The summed E-state index contributed by atoms with van der Waals surface area (Å²) in [7, 11) is 0. The lowest BCUT2D eigenvalue weighted by atomic mass is 10.0. The fourth-order valence-corrected chi connectivity index (χ4v) is 3.57. The van der Waals surface area contributed by atoms with Crippen molar-refractivity contribution in [1.29, 1.82) is 0 Å². The molecule has 0 spiro atoms. The SMILES string of the molecule is CC(C)CN1C(=O)c2ccccc2C1C(=O)NCCc1cccc(Cl)c1. The number of hydrogen-bond acceptors (Lipinski definition) is 2. The Balaban J connectivity index is 1.72. The Hall–Kier alpha value is -2.33. The first-order valence-corrected chi connectivity index (χ1v) is 9.27. The van der Waals surface area contributed by atoms with E-state index in [0.29, 0.717) is 30.1 Å². The lowest BCUT2D eigenvalue weighted by Gasteiger charge is -2.26. The van der Waals surface area contributed by atoms with Gasteiger partial charge in [0.05, 0.1) is 0 Å². The van der Waals surface area contributed by atoms with Crippen molar-refractivity contribution in [3.05, 3.63) is 70.2 Å². The molecule has 1 unspecified atom stereocenters. The van der Waals surface area contributed by atoms with Crippen molar-refractivity contribution >= 4 is 23.4 Å². The molecule has 1 N–H and O–H groups in total. The zero-order valence-electron chi connectivity index (χ0n) is 15.0. The Morgan fingerprint density at radius 3 is 2.69 bits per heavy atom. The van der Waals surface area contributed by atoms with Crippen LogP contribution in [0, 0.1) is 5.92 Å². The smallest absolute Gasteiger partial charge is 0.255 e. The van der Waals surface area contributed by atoms with Crippen LogP contribution in [0.4, 0.5) is 0 Å². The molecule has 26 heavy (non-hydrogen) atoms. The van der Waals surface area contributed by atoms with E-state index in [0.717, 1.165) is 11.1 Å². The van der Waals surface area contributed by atoms with Crippen LogP contribution < -0.4 is 5.32 Å². The second kappa shape index (κ2) is 7.92. The van der Waals surface area contributed by atoms with Crippen LogP contribution in [0.2, 0.25) is 5.02 Å². The van der Waals surface area contributed by atoms with E-state index in [-0.39, 0.29) is 17.7 Å². The molecule has 4 nitrogen and oxygen atoms in total. The van der Waals surface area contributed by atoms with Gasteiger partial charge >= 0.3 is 0 Å². The van der Waals surface area contributed by atoms with Gasteiger partial charge in [-0.05, 0) is 41.7 Å². The van der Waals surface area contributed by atoms with Gasteiger partial charge in [-0.2, -0.15) is 0 Å². The molecule has 0 fully saturated rings. The third-order valence-corrected chi connectivity index (χ3v) is 4.71. The maximum atomic E-state index is 12.9. The number of fused-ring (bicyclic) bond motifs is 1. The standard InChI is InChI=1S/C21H23ClN2O2/c1-14(2)13-24-19(17-8-3-4-9-18(17)21(24)26)20(25)23-11-10-15-6-5-7-16(22)12-15/h3-9,12,14,19H,10-11,13H2,1-2H3,(H,23,25). The highest BCUT2D eigenvalue weighted by atomic mass is 35.5. The molecule has 1 atom stereocenters. The summed E-state index contributed by atoms with van der Waals surface area (Å²) in [5, 5.41) is 3.67. The molecule has 0 aliphatic carbocycles.